The van der Waals surface area contributed by atoms with Gasteiger partial charge in [-0.05, 0) is 37.1 Å². The number of carbonyl (C=O) groups excluding carboxylic acids is 1. The summed E-state index contributed by atoms with van der Waals surface area (Å²) in [6, 6.07) is 18.5. The van der Waals surface area contributed by atoms with Crippen molar-refractivity contribution in [2.45, 2.75) is 26.3 Å². The quantitative estimate of drug-likeness (QED) is 0.479. The van der Waals surface area contributed by atoms with Gasteiger partial charge in [0.15, 0.2) is 0 Å². The molecule has 27 heavy (non-hydrogen) atoms. The molecule has 0 fully saturated rings. The Morgan fingerprint density at radius 3 is 2.70 bits per heavy atom. The highest BCUT2D eigenvalue weighted by Gasteiger charge is 2.09. The van der Waals surface area contributed by atoms with Gasteiger partial charge in [-0.1, -0.05) is 60.7 Å². The number of imidazole rings is 1. The van der Waals surface area contributed by atoms with Gasteiger partial charge in [0.05, 0.1) is 11.0 Å². The zero-order chi connectivity index (χ0) is 18.9. The van der Waals surface area contributed by atoms with E-state index in [2.05, 4.69) is 40.2 Å². The van der Waals surface area contributed by atoms with Gasteiger partial charge in [0.1, 0.15) is 5.82 Å². The van der Waals surface area contributed by atoms with Gasteiger partial charge in [-0.25, -0.2) is 4.98 Å². The molecule has 4 nitrogen and oxygen atoms in total. The summed E-state index contributed by atoms with van der Waals surface area (Å²) < 4.78 is 2.25. The number of hydrogen-bond donors (Lipinski definition) is 1. The molecular formula is C23H25N3O. The van der Waals surface area contributed by atoms with E-state index in [1.54, 1.807) is 12.2 Å². The highest BCUT2D eigenvalue weighted by atomic mass is 16.1. The van der Waals surface area contributed by atoms with Crippen LogP contribution in [0.15, 0.2) is 72.8 Å². The Labute approximate surface area is 160 Å². The number of fused-ring (bicyclic) bond motifs is 1. The monoisotopic (exact) mass is 359 g/mol. The number of para-hydroxylation sites is 2. The lowest BCUT2D eigenvalue weighted by Crippen LogP contribution is -2.22. The Kier molecular flexibility index (Phi) is 6.58. The summed E-state index contributed by atoms with van der Waals surface area (Å²) in [5.41, 5.74) is 3.34. The number of aromatic nitrogens is 2. The van der Waals surface area contributed by atoms with Crippen molar-refractivity contribution in [3.05, 3.63) is 84.2 Å². The topological polar surface area (TPSA) is 46.9 Å². The molecule has 0 saturated heterocycles. The second-order valence-electron chi connectivity index (χ2n) is 6.33. The maximum absolute atomic E-state index is 11.5. The van der Waals surface area contributed by atoms with Gasteiger partial charge in [-0.15, -0.1) is 0 Å². The summed E-state index contributed by atoms with van der Waals surface area (Å²) in [5.74, 6) is 1.01. The Morgan fingerprint density at radius 2 is 1.89 bits per heavy atom. The van der Waals surface area contributed by atoms with Crippen LogP contribution in [0.1, 0.15) is 24.7 Å². The number of benzene rings is 2. The smallest absolute Gasteiger partial charge is 0.243 e. The molecule has 0 aliphatic heterocycles. The van der Waals surface area contributed by atoms with Gasteiger partial charge >= 0.3 is 0 Å². The van der Waals surface area contributed by atoms with Crippen LogP contribution in [0, 0.1) is 0 Å². The summed E-state index contributed by atoms with van der Waals surface area (Å²) in [5, 5.41) is 2.89. The molecule has 3 rings (SSSR count). The van der Waals surface area contributed by atoms with Crippen molar-refractivity contribution in [2.24, 2.45) is 0 Å². The first-order valence-corrected chi connectivity index (χ1v) is 9.34. The van der Waals surface area contributed by atoms with Gasteiger partial charge < -0.3 is 9.88 Å². The third-order valence-electron chi connectivity index (χ3n) is 4.33. The summed E-state index contributed by atoms with van der Waals surface area (Å²) >= 11 is 0. The number of carbonyl (C=O) groups is 1. The maximum Gasteiger partial charge on any atom is 0.243 e. The lowest BCUT2D eigenvalue weighted by Gasteiger charge is -2.07. The number of nitrogens with zero attached hydrogens (tertiary/aromatic N) is 2. The lowest BCUT2D eigenvalue weighted by molar-refractivity contribution is -0.116. The number of allylic oxidation sites excluding steroid dienone is 2. The highest BCUT2D eigenvalue weighted by Crippen LogP contribution is 2.17. The molecule has 0 aliphatic rings. The van der Waals surface area contributed by atoms with Crippen molar-refractivity contribution < 1.29 is 4.79 Å². The molecule has 2 aromatic carbocycles. The fourth-order valence-corrected chi connectivity index (χ4v) is 3.05. The molecule has 138 valence electrons. The molecule has 0 unspecified atom stereocenters. The van der Waals surface area contributed by atoms with Crippen molar-refractivity contribution in [1.29, 1.82) is 0 Å². The summed E-state index contributed by atoms with van der Waals surface area (Å²) in [6.07, 6.45) is 9.27. The molecule has 0 bridgehead atoms. The first kappa shape index (κ1) is 18.6. The minimum atomic E-state index is -0.0446. The van der Waals surface area contributed by atoms with E-state index in [1.807, 2.05) is 43.3 Å². The van der Waals surface area contributed by atoms with E-state index < -0.39 is 0 Å². The molecule has 1 N–H and O–H groups in total. The Balaban J connectivity index is 1.69. The van der Waals surface area contributed by atoms with Crippen molar-refractivity contribution in [1.82, 2.24) is 14.9 Å². The molecule has 0 saturated carbocycles. The van der Waals surface area contributed by atoms with Gasteiger partial charge in [-0.2, -0.15) is 0 Å². The van der Waals surface area contributed by atoms with E-state index in [0.29, 0.717) is 6.54 Å². The van der Waals surface area contributed by atoms with E-state index in [-0.39, 0.29) is 5.91 Å². The maximum atomic E-state index is 11.5. The number of amides is 1. The largest absolute Gasteiger partial charge is 0.353 e. The fraction of sp³-hybridized carbons (Fsp3) is 0.217. The van der Waals surface area contributed by atoms with Crippen molar-refractivity contribution in [2.75, 3.05) is 6.54 Å². The van der Waals surface area contributed by atoms with Crippen LogP contribution in [0.2, 0.25) is 0 Å². The molecule has 3 aromatic rings. The molecule has 1 aromatic heterocycles. The molecule has 1 amide bonds. The number of rotatable bonds is 8. The van der Waals surface area contributed by atoms with Gasteiger partial charge in [-0.3, -0.25) is 4.79 Å². The van der Waals surface area contributed by atoms with Gasteiger partial charge in [0, 0.05) is 19.5 Å². The van der Waals surface area contributed by atoms with Gasteiger partial charge in [0.2, 0.25) is 5.91 Å². The highest BCUT2D eigenvalue weighted by molar-refractivity contribution is 5.87. The van der Waals surface area contributed by atoms with Crippen LogP contribution in [0.4, 0.5) is 0 Å². The molecule has 0 radical (unpaired) electrons. The standard InChI is InChI=1S/C23H25N3O/c1-2-10-23(27)24-17-8-16-22-25-20-14-6-7-15-21(20)26(22)18-9-13-19-11-4-3-5-12-19/h2-7,9-15H,8,16-18H2,1H3,(H,24,27)/b10-2-,13-9+. The van der Waals surface area contributed by atoms with Crippen LogP contribution in [-0.2, 0) is 17.8 Å². The van der Waals surface area contributed by atoms with Crippen LogP contribution in [0.25, 0.3) is 17.1 Å². The predicted molar refractivity (Wildman–Crippen MR) is 111 cm³/mol. The summed E-state index contributed by atoms with van der Waals surface area (Å²) in [7, 11) is 0. The first-order valence-electron chi connectivity index (χ1n) is 9.34. The van der Waals surface area contributed by atoms with Crippen molar-refractivity contribution in [3.8, 4) is 0 Å². The van der Waals surface area contributed by atoms with E-state index >= 15 is 0 Å². The molecule has 0 spiro atoms. The normalized spacial score (nSPS) is 11.6. The molecule has 0 aliphatic carbocycles. The molecular weight excluding hydrogens is 334 g/mol. The zero-order valence-electron chi connectivity index (χ0n) is 15.6. The molecule has 0 atom stereocenters. The van der Waals surface area contributed by atoms with Crippen LogP contribution in [-0.4, -0.2) is 22.0 Å². The summed E-state index contributed by atoms with van der Waals surface area (Å²) in [6.45, 7) is 3.26. The number of hydrogen-bond acceptors (Lipinski definition) is 2. The fourth-order valence-electron chi connectivity index (χ4n) is 3.05. The zero-order valence-corrected chi connectivity index (χ0v) is 15.6. The van der Waals surface area contributed by atoms with Crippen molar-refractivity contribution >= 4 is 23.0 Å². The van der Waals surface area contributed by atoms with Crippen LogP contribution < -0.4 is 5.32 Å². The number of nitrogens with one attached hydrogen (secondary N) is 1. The summed E-state index contributed by atoms with van der Waals surface area (Å²) in [4.78, 5) is 16.3. The minimum absolute atomic E-state index is 0.0446. The molecule has 1 heterocycles. The van der Waals surface area contributed by atoms with Crippen molar-refractivity contribution in [3.63, 3.8) is 0 Å². The first-order chi connectivity index (χ1) is 13.3. The van der Waals surface area contributed by atoms with E-state index in [1.165, 1.54) is 5.56 Å². The average molecular weight is 359 g/mol. The Bertz CT molecular complexity index is 939. The Morgan fingerprint density at radius 1 is 1.11 bits per heavy atom. The predicted octanol–water partition coefficient (Wildman–Crippen LogP) is 4.37. The van der Waals surface area contributed by atoms with Crippen LogP contribution >= 0.6 is 0 Å². The lowest BCUT2D eigenvalue weighted by atomic mass is 10.2. The van der Waals surface area contributed by atoms with E-state index in [0.717, 1.165) is 36.2 Å². The molecule has 4 heteroatoms. The Hall–Kier alpha value is -3.14. The second-order valence-corrected chi connectivity index (χ2v) is 6.33. The third kappa shape index (κ3) is 5.17. The van der Waals surface area contributed by atoms with E-state index in [4.69, 9.17) is 4.98 Å². The average Bonchev–Trinajstić information content (AvgIpc) is 3.04. The SMILES string of the molecule is C/C=C\C(=O)NCCCc1nc2ccccc2n1C/C=C/c1ccccc1. The third-order valence-corrected chi connectivity index (χ3v) is 4.33. The number of aryl methyl sites for hydroxylation is 1. The van der Waals surface area contributed by atoms with Crippen LogP contribution in [0.5, 0.6) is 0 Å². The second kappa shape index (κ2) is 9.53. The van der Waals surface area contributed by atoms with E-state index in [9.17, 15) is 4.79 Å². The minimum Gasteiger partial charge on any atom is -0.353 e. The van der Waals surface area contributed by atoms with Gasteiger partial charge in [0.25, 0.3) is 0 Å². The van der Waals surface area contributed by atoms with Crippen LogP contribution in [0.3, 0.4) is 0 Å².